The molecule has 1 aliphatic heterocycles. The molecule has 1 aliphatic rings. The summed E-state index contributed by atoms with van der Waals surface area (Å²) in [5.41, 5.74) is 2.23. The first-order valence-corrected chi connectivity index (χ1v) is 7.29. The first-order valence-electron chi connectivity index (χ1n) is 7.29. The fourth-order valence-corrected chi connectivity index (χ4v) is 2.32. The average molecular weight is 280 g/mol. The van der Waals surface area contributed by atoms with Crippen LogP contribution in [0.15, 0.2) is 12.3 Å². The topological polar surface area (TPSA) is 54.8 Å². The van der Waals surface area contributed by atoms with Gasteiger partial charge in [0.05, 0.1) is 6.61 Å². The predicted octanol–water partition coefficient (Wildman–Crippen LogP) is 2.21. The Kier molecular flexibility index (Phi) is 5.34. The maximum Gasteiger partial charge on any atom is 0.161 e. The van der Waals surface area contributed by atoms with E-state index in [1.165, 1.54) is 0 Å². The molecule has 0 aliphatic carbocycles. The minimum Gasteiger partial charge on any atom is -0.368 e. The molecule has 0 saturated carbocycles. The molecule has 1 N–H and O–H groups in total. The van der Waals surface area contributed by atoms with Crippen molar-refractivity contribution in [3.63, 3.8) is 0 Å². The summed E-state index contributed by atoms with van der Waals surface area (Å²) in [5.74, 6) is 0.978. The maximum atomic E-state index is 9.31. The van der Waals surface area contributed by atoms with Crippen LogP contribution in [-0.2, 0) is 16.1 Å². The minimum absolute atomic E-state index is 0.297. The zero-order valence-electron chi connectivity index (χ0n) is 12.5. The van der Waals surface area contributed by atoms with Crippen LogP contribution in [0, 0.1) is 6.92 Å². The number of aryl methyl sites for hydroxylation is 1. The van der Waals surface area contributed by atoms with Crippen molar-refractivity contribution in [3.8, 4) is 0 Å². The summed E-state index contributed by atoms with van der Waals surface area (Å²) in [6.07, 6.45) is 2.30. The van der Waals surface area contributed by atoms with Crippen molar-refractivity contribution in [1.82, 2.24) is 4.98 Å². The normalized spacial score (nSPS) is 22.2. The van der Waals surface area contributed by atoms with Gasteiger partial charge in [-0.2, -0.15) is 0 Å². The second kappa shape index (κ2) is 7.02. The fourth-order valence-electron chi connectivity index (χ4n) is 2.32. The van der Waals surface area contributed by atoms with Crippen LogP contribution in [0.4, 0.5) is 5.82 Å². The van der Waals surface area contributed by atoms with E-state index in [0.29, 0.717) is 13.0 Å². The van der Waals surface area contributed by atoms with Crippen LogP contribution >= 0.6 is 0 Å². The Hall–Kier alpha value is -1.17. The number of ether oxygens (including phenoxy) is 2. The standard InChI is InChI=1S/C15H24N2O3/c1-4-17(5-2)13-8-12(11(3)9-16-13)10-19-15-7-6-14(18)20-15/h8-9,14-15,18H,4-7,10H2,1-3H3. The van der Waals surface area contributed by atoms with E-state index in [2.05, 4.69) is 29.8 Å². The Morgan fingerprint density at radius 1 is 1.40 bits per heavy atom. The third-order valence-electron chi connectivity index (χ3n) is 3.67. The molecule has 1 saturated heterocycles. The number of hydrogen-bond acceptors (Lipinski definition) is 5. The van der Waals surface area contributed by atoms with Gasteiger partial charge in [0.25, 0.3) is 0 Å². The largest absolute Gasteiger partial charge is 0.368 e. The molecule has 0 bridgehead atoms. The Balaban J connectivity index is 2.01. The third kappa shape index (κ3) is 3.69. The van der Waals surface area contributed by atoms with E-state index < -0.39 is 6.29 Å². The van der Waals surface area contributed by atoms with E-state index in [0.717, 1.165) is 36.5 Å². The van der Waals surface area contributed by atoms with Gasteiger partial charge < -0.3 is 19.5 Å². The number of pyridine rings is 1. The molecule has 1 aromatic rings. The van der Waals surface area contributed by atoms with Gasteiger partial charge in [0.1, 0.15) is 5.82 Å². The van der Waals surface area contributed by atoms with Gasteiger partial charge in [-0.05, 0) is 38.0 Å². The van der Waals surface area contributed by atoms with Crippen molar-refractivity contribution in [1.29, 1.82) is 0 Å². The van der Waals surface area contributed by atoms with Crippen molar-refractivity contribution in [2.24, 2.45) is 0 Å². The van der Waals surface area contributed by atoms with Crippen molar-refractivity contribution in [2.75, 3.05) is 18.0 Å². The summed E-state index contributed by atoms with van der Waals surface area (Å²) in [7, 11) is 0. The van der Waals surface area contributed by atoms with Crippen molar-refractivity contribution >= 4 is 5.82 Å². The molecule has 0 aromatic carbocycles. The molecule has 2 heterocycles. The Morgan fingerprint density at radius 3 is 2.75 bits per heavy atom. The lowest BCUT2D eigenvalue weighted by Gasteiger charge is -2.21. The lowest BCUT2D eigenvalue weighted by Crippen LogP contribution is -2.23. The molecule has 1 aromatic heterocycles. The van der Waals surface area contributed by atoms with Crippen LogP contribution < -0.4 is 4.90 Å². The number of aliphatic hydroxyl groups is 1. The van der Waals surface area contributed by atoms with Crippen molar-refractivity contribution < 1.29 is 14.6 Å². The van der Waals surface area contributed by atoms with E-state index in [4.69, 9.17) is 9.47 Å². The number of hydrogen-bond donors (Lipinski definition) is 1. The van der Waals surface area contributed by atoms with Gasteiger partial charge in [-0.15, -0.1) is 0 Å². The molecule has 112 valence electrons. The molecule has 0 amide bonds. The van der Waals surface area contributed by atoms with E-state index in [1.54, 1.807) is 0 Å². The quantitative estimate of drug-likeness (QED) is 0.866. The van der Waals surface area contributed by atoms with Crippen LogP contribution in [0.3, 0.4) is 0 Å². The number of anilines is 1. The van der Waals surface area contributed by atoms with Crippen LogP contribution in [0.2, 0.25) is 0 Å². The van der Waals surface area contributed by atoms with Crippen LogP contribution in [0.5, 0.6) is 0 Å². The summed E-state index contributed by atoms with van der Waals surface area (Å²) < 4.78 is 11.0. The van der Waals surface area contributed by atoms with E-state index in [1.807, 2.05) is 13.1 Å². The van der Waals surface area contributed by atoms with Gasteiger partial charge in [0, 0.05) is 32.1 Å². The highest BCUT2D eigenvalue weighted by atomic mass is 16.7. The maximum absolute atomic E-state index is 9.31. The lowest BCUT2D eigenvalue weighted by molar-refractivity contribution is -0.190. The summed E-state index contributed by atoms with van der Waals surface area (Å²) in [4.78, 5) is 6.68. The van der Waals surface area contributed by atoms with Gasteiger partial charge in [-0.25, -0.2) is 4.98 Å². The minimum atomic E-state index is -0.676. The molecule has 0 radical (unpaired) electrons. The second-order valence-electron chi connectivity index (χ2n) is 5.05. The van der Waals surface area contributed by atoms with Gasteiger partial charge in [0.2, 0.25) is 0 Å². The van der Waals surface area contributed by atoms with E-state index in [-0.39, 0.29) is 6.29 Å². The van der Waals surface area contributed by atoms with Gasteiger partial charge in [-0.3, -0.25) is 0 Å². The van der Waals surface area contributed by atoms with E-state index >= 15 is 0 Å². The number of aliphatic hydroxyl groups excluding tert-OH is 1. The summed E-state index contributed by atoms with van der Waals surface area (Å²) in [5, 5.41) is 9.31. The fraction of sp³-hybridized carbons (Fsp3) is 0.667. The summed E-state index contributed by atoms with van der Waals surface area (Å²) >= 11 is 0. The smallest absolute Gasteiger partial charge is 0.161 e. The van der Waals surface area contributed by atoms with Gasteiger partial charge >= 0.3 is 0 Å². The van der Waals surface area contributed by atoms with Crippen molar-refractivity contribution in [3.05, 3.63) is 23.4 Å². The molecular formula is C15H24N2O3. The highest BCUT2D eigenvalue weighted by Crippen LogP contribution is 2.22. The predicted molar refractivity (Wildman–Crippen MR) is 77.4 cm³/mol. The number of nitrogens with zero attached hydrogens (tertiary/aromatic N) is 2. The molecule has 2 unspecified atom stereocenters. The molecule has 2 rings (SSSR count). The van der Waals surface area contributed by atoms with Crippen LogP contribution in [0.25, 0.3) is 0 Å². The first kappa shape index (κ1) is 15.2. The lowest BCUT2D eigenvalue weighted by atomic mass is 10.1. The molecule has 20 heavy (non-hydrogen) atoms. The molecule has 1 fully saturated rings. The zero-order valence-corrected chi connectivity index (χ0v) is 12.5. The highest BCUT2D eigenvalue weighted by Gasteiger charge is 2.23. The van der Waals surface area contributed by atoms with Gasteiger partial charge in [-0.1, -0.05) is 0 Å². The Bertz CT molecular complexity index is 435. The molecular weight excluding hydrogens is 256 g/mol. The average Bonchev–Trinajstić information content (AvgIpc) is 2.86. The van der Waals surface area contributed by atoms with Gasteiger partial charge in [0.15, 0.2) is 12.6 Å². The first-order chi connectivity index (χ1) is 9.63. The molecule has 5 heteroatoms. The van der Waals surface area contributed by atoms with Crippen LogP contribution in [-0.4, -0.2) is 35.8 Å². The van der Waals surface area contributed by atoms with Crippen molar-refractivity contribution in [2.45, 2.75) is 52.8 Å². The number of aromatic nitrogens is 1. The Morgan fingerprint density at radius 2 is 2.15 bits per heavy atom. The van der Waals surface area contributed by atoms with Crippen LogP contribution in [0.1, 0.15) is 37.8 Å². The zero-order chi connectivity index (χ0) is 14.5. The summed E-state index contributed by atoms with van der Waals surface area (Å²) in [6, 6.07) is 2.08. The monoisotopic (exact) mass is 280 g/mol. The van der Waals surface area contributed by atoms with E-state index in [9.17, 15) is 5.11 Å². The Labute approximate surface area is 120 Å². The molecule has 2 atom stereocenters. The highest BCUT2D eigenvalue weighted by molar-refractivity contribution is 5.43. The third-order valence-corrected chi connectivity index (χ3v) is 3.67. The number of rotatable bonds is 6. The molecule has 0 spiro atoms. The molecule has 5 nitrogen and oxygen atoms in total. The summed E-state index contributed by atoms with van der Waals surface area (Å²) in [6.45, 7) is 8.63. The SMILES string of the molecule is CCN(CC)c1cc(COC2CCC(O)O2)c(C)cn1. The second-order valence-corrected chi connectivity index (χ2v) is 5.05.